The van der Waals surface area contributed by atoms with Crippen molar-refractivity contribution in [2.24, 2.45) is 0 Å². The monoisotopic (exact) mass is 340 g/mol. The highest BCUT2D eigenvalue weighted by molar-refractivity contribution is 6.06. The number of imide groups is 1. The van der Waals surface area contributed by atoms with Crippen LogP contribution in [0.2, 0.25) is 0 Å². The second-order valence-electron chi connectivity index (χ2n) is 5.86. The zero-order valence-corrected chi connectivity index (χ0v) is 13.0. The van der Waals surface area contributed by atoms with Gasteiger partial charge in [-0.2, -0.15) is 13.2 Å². The molecule has 0 aliphatic carbocycles. The Hall–Kier alpha value is -2.58. The first-order valence-electron chi connectivity index (χ1n) is 7.37. The number of amides is 3. The lowest BCUT2D eigenvalue weighted by Gasteiger charge is -2.26. The number of urea groups is 1. The van der Waals surface area contributed by atoms with E-state index in [0.717, 1.165) is 6.20 Å². The third-order valence-corrected chi connectivity index (χ3v) is 3.88. The first kappa shape index (κ1) is 16.3. The minimum atomic E-state index is -4.53. The predicted octanol–water partition coefficient (Wildman–Crippen LogP) is 3.08. The Balaban J connectivity index is 2.13. The zero-order valence-electron chi connectivity index (χ0n) is 13.0. The number of hydrogen-bond donors (Lipinski definition) is 1. The van der Waals surface area contributed by atoms with E-state index >= 15 is 0 Å². The number of carbonyl (C=O) groups excluding carboxylic acids is 2. The Labute approximate surface area is 135 Å². The van der Waals surface area contributed by atoms with Gasteiger partial charge in [0.15, 0.2) is 0 Å². The predicted molar refractivity (Wildman–Crippen MR) is 80.6 cm³/mol. The van der Waals surface area contributed by atoms with Gasteiger partial charge < -0.3 is 4.57 Å². The fourth-order valence-corrected chi connectivity index (χ4v) is 2.70. The molecule has 6 nitrogen and oxygen atoms in total. The summed E-state index contributed by atoms with van der Waals surface area (Å²) in [6.07, 6.45) is -2.07. The fraction of sp³-hybridized carbons (Fsp3) is 0.400. The van der Waals surface area contributed by atoms with Crippen LogP contribution in [0.1, 0.15) is 31.9 Å². The molecule has 1 N–H and O–H groups in total. The molecule has 0 saturated carbocycles. The van der Waals surface area contributed by atoms with Crippen molar-refractivity contribution in [3.63, 3.8) is 0 Å². The Morgan fingerprint density at radius 1 is 1.29 bits per heavy atom. The molecule has 3 heterocycles. The van der Waals surface area contributed by atoms with Crippen LogP contribution in [-0.4, -0.2) is 28.0 Å². The maximum absolute atomic E-state index is 13.3. The summed E-state index contributed by atoms with van der Waals surface area (Å²) < 4.78 is 41.4. The number of halogens is 3. The standard InChI is InChI=1S/C15H15F3N4O2/c1-8(2)22-7-11(15(16,17)18)10-5-9(6-19-13(10)22)21-4-3-12(23)20-14(21)24/h5-8H,3-4H2,1-2H3,(H,20,23,24). The van der Waals surface area contributed by atoms with Crippen LogP contribution < -0.4 is 10.2 Å². The van der Waals surface area contributed by atoms with Gasteiger partial charge in [0.25, 0.3) is 0 Å². The molecule has 2 aromatic rings. The first-order chi connectivity index (χ1) is 11.2. The number of anilines is 1. The Bertz CT molecular complexity index is 826. The summed E-state index contributed by atoms with van der Waals surface area (Å²) in [7, 11) is 0. The van der Waals surface area contributed by atoms with Crippen molar-refractivity contribution in [3.8, 4) is 0 Å². The zero-order chi connectivity index (χ0) is 17.6. The third kappa shape index (κ3) is 2.70. The lowest BCUT2D eigenvalue weighted by molar-refractivity contribution is -0.136. The number of alkyl halides is 3. The molecule has 1 saturated heterocycles. The van der Waals surface area contributed by atoms with Crippen LogP contribution in [0.25, 0.3) is 11.0 Å². The topological polar surface area (TPSA) is 67.2 Å². The summed E-state index contributed by atoms with van der Waals surface area (Å²) in [5.74, 6) is -0.410. The number of carbonyl (C=O) groups is 2. The van der Waals surface area contributed by atoms with E-state index in [2.05, 4.69) is 10.3 Å². The molecule has 3 rings (SSSR count). The number of pyridine rings is 1. The molecule has 0 bridgehead atoms. The van der Waals surface area contributed by atoms with Crippen LogP contribution >= 0.6 is 0 Å². The van der Waals surface area contributed by atoms with E-state index in [1.165, 1.54) is 21.7 Å². The lowest BCUT2D eigenvalue weighted by Crippen LogP contribution is -2.49. The van der Waals surface area contributed by atoms with E-state index < -0.39 is 23.7 Å². The van der Waals surface area contributed by atoms with Crippen LogP contribution in [0, 0.1) is 0 Å². The summed E-state index contributed by atoms with van der Waals surface area (Å²) >= 11 is 0. The highest BCUT2D eigenvalue weighted by Gasteiger charge is 2.36. The van der Waals surface area contributed by atoms with E-state index in [0.29, 0.717) is 0 Å². The fourth-order valence-electron chi connectivity index (χ4n) is 2.70. The van der Waals surface area contributed by atoms with Crippen molar-refractivity contribution in [2.45, 2.75) is 32.5 Å². The van der Waals surface area contributed by atoms with Crippen molar-refractivity contribution >= 4 is 28.7 Å². The maximum Gasteiger partial charge on any atom is 0.418 e. The molecule has 0 spiro atoms. The molecule has 128 valence electrons. The van der Waals surface area contributed by atoms with Gasteiger partial charge in [0.1, 0.15) is 5.65 Å². The molecule has 0 atom stereocenters. The highest BCUT2D eigenvalue weighted by Crippen LogP contribution is 2.38. The minimum Gasteiger partial charge on any atom is -0.329 e. The van der Waals surface area contributed by atoms with Gasteiger partial charge in [0.05, 0.1) is 17.4 Å². The Morgan fingerprint density at radius 3 is 2.58 bits per heavy atom. The molecule has 3 amide bonds. The number of nitrogens with one attached hydrogen (secondary N) is 1. The van der Waals surface area contributed by atoms with Crippen molar-refractivity contribution in [2.75, 3.05) is 11.4 Å². The Kier molecular flexibility index (Phi) is 3.73. The molecular weight excluding hydrogens is 325 g/mol. The smallest absolute Gasteiger partial charge is 0.329 e. The number of nitrogens with zero attached hydrogens (tertiary/aromatic N) is 3. The van der Waals surface area contributed by atoms with Gasteiger partial charge in [-0.3, -0.25) is 15.0 Å². The van der Waals surface area contributed by atoms with Crippen molar-refractivity contribution in [1.29, 1.82) is 0 Å². The molecule has 24 heavy (non-hydrogen) atoms. The number of fused-ring (bicyclic) bond motifs is 1. The van der Waals surface area contributed by atoms with Crippen LogP contribution in [0.15, 0.2) is 18.5 Å². The largest absolute Gasteiger partial charge is 0.418 e. The van der Waals surface area contributed by atoms with Crippen LogP contribution in [0.3, 0.4) is 0 Å². The van der Waals surface area contributed by atoms with Crippen LogP contribution in [0.4, 0.5) is 23.7 Å². The maximum atomic E-state index is 13.3. The van der Waals surface area contributed by atoms with E-state index in [1.54, 1.807) is 13.8 Å². The minimum absolute atomic E-state index is 0.0709. The molecule has 1 aliphatic rings. The average molecular weight is 340 g/mol. The van der Waals surface area contributed by atoms with Crippen molar-refractivity contribution in [3.05, 3.63) is 24.0 Å². The van der Waals surface area contributed by atoms with Crippen molar-refractivity contribution in [1.82, 2.24) is 14.9 Å². The van der Waals surface area contributed by atoms with Gasteiger partial charge in [-0.15, -0.1) is 0 Å². The van der Waals surface area contributed by atoms with Gasteiger partial charge in [-0.1, -0.05) is 0 Å². The second-order valence-corrected chi connectivity index (χ2v) is 5.86. The number of aromatic nitrogens is 2. The normalized spacial score (nSPS) is 16.2. The van der Waals surface area contributed by atoms with Crippen LogP contribution in [-0.2, 0) is 11.0 Å². The average Bonchev–Trinajstić information content (AvgIpc) is 2.86. The summed E-state index contributed by atoms with van der Waals surface area (Å²) in [5, 5.41) is 2.07. The van der Waals surface area contributed by atoms with E-state index in [1.807, 2.05) is 0 Å². The molecule has 0 aromatic carbocycles. The van der Waals surface area contributed by atoms with Gasteiger partial charge in [-0.05, 0) is 19.9 Å². The van der Waals surface area contributed by atoms with Crippen LogP contribution in [0.5, 0.6) is 0 Å². The molecule has 1 aliphatic heterocycles. The summed E-state index contributed by atoms with van der Waals surface area (Å²) in [6.45, 7) is 3.63. The third-order valence-electron chi connectivity index (χ3n) is 3.88. The van der Waals surface area contributed by atoms with Crippen molar-refractivity contribution < 1.29 is 22.8 Å². The van der Waals surface area contributed by atoms with Gasteiger partial charge in [0.2, 0.25) is 5.91 Å². The quantitative estimate of drug-likeness (QED) is 0.913. The number of hydrogen-bond acceptors (Lipinski definition) is 3. The number of rotatable bonds is 2. The van der Waals surface area contributed by atoms with Gasteiger partial charge in [-0.25, -0.2) is 9.78 Å². The molecule has 0 unspecified atom stereocenters. The van der Waals surface area contributed by atoms with E-state index in [-0.39, 0.29) is 35.7 Å². The van der Waals surface area contributed by atoms with E-state index in [4.69, 9.17) is 0 Å². The SMILES string of the molecule is CC(C)n1cc(C(F)(F)F)c2cc(N3CCC(=O)NC3=O)cnc21. The molecule has 1 fully saturated rings. The summed E-state index contributed by atoms with van der Waals surface area (Å²) in [5.41, 5.74) is -0.372. The summed E-state index contributed by atoms with van der Waals surface area (Å²) in [6, 6.07) is 0.432. The van der Waals surface area contributed by atoms with Gasteiger partial charge >= 0.3 is 12.2 Å². The van der Waals surface area contributed by atoms with E-state index in [9.17, 15) is 22.8 Å². The first-order valence-corrected chi connectivity index (χ1v) is 7.37. The molecule has 0 radical (unpaired) electrons. The Morgan fingerprint density at radius 2 is 2.00 bits per heavy atom. The molecule has 9 heteroatoms. The molecule has 2 aromatic heterocycles. The molecular formula is C15H15F3N4O2. The highest BCUT2D eigenvalue weighted by atomic mass is 19.4. The lowest BCUT2D eigenvalue weighted by atomic mass is 10.2. The van der Waals surface area contributed by atoms with Gasteiger partial charge in [0, 0.05) is 30.6 Å². The summed E-state index contributed by atoms with van der Waals surface area (Å²) in [4.78, 5) is 28.4. The second kappa shape index (κ2) is 5.50.